The Morgan fingerprint density at radius 2 is 0.857 bits per heavy atom. The third-order valence-electron chi connectivity index (χ3n) is 2.10. The zero-order chi connectivity index (χ0) is 20.1. The van der Waals surface area contributed by atoms with Crippen LogP contribution in [0.4, 0.5) is 0 Å². The van der Waals surface area contributed by atoms with Crippen molar-refractivity contribution < 1.29 is 65.3 Å². The molecule has 19 heteroatoms. The first kappa shape index (κ1) is 24.8. The molecule has 28 heavy (non-hydrogen) atoms. The molecular weight excluding hydrogens is 511 g/mol. The van der Waals surface area contributed by atoms with Gasteiger partial charge >= 0.3 is 35.6 Å². The first-order chi connectivity index (χ1) is 12.9. The van der Waals surface area contributed by atoms with Gasteiger partial charge in [-0.3, -0.25) is 0 Å². The van der Waals surface area contributed by atoms with Crippen molar-refractivity contribution in [2.24, 2.45) is 0 Å². The Hall–Kier alpha value is -3.19. The standard InChI is InChI=1S/3C3H4N4O2.La/c3*8-3(9)1-2-4-6-7-5-2;/h3*1H2,(H,8,9)(H,4,5,6,7);/q;;;+3/p-3. The molecule has 0 aliphatic carbocycles. The van der Waals surface area contributed by atoms with Crippen molar-refractivity contribution >= 4 is 17.9 Å². The van der Waals surface area contributed by atoms with E-state index in [0.717, 1.165) is 0 Å². The first-order valence-electron chi connectivity index (χ1n) is 6.64. The molecule has 18 nitrogen and oxygen atoms in total. The van der Waals surface area contributed by atoms with E-state index in [1.807, 2.05) is 0 Å². The van der Waals surface area contributed by atoms with Gasteiger partial charge in [0.05, 0.1) is 0 Å². The molecule has 0 atom stereocenters. The van der Waals surface area contributed by atoms with Crippen molar-refractivity contribution in [3.05, 3.63) is 17.5 Å². The molecule has 0 radical (unpaired) electrons. The largest absolute Gasteiger partial charge is 3.00 e. The summed E-state index contributed by atoms with van der Waals surface area (Å²) in [6.45, 7) is 0. The van der Waals surface area contributed by atoms with Gasteiger partial charge in [-0.05, 0) is 31.3 Å². The number of carbonyl (C=O) groups is 3. The number of nitrogens with zero attached hydrogens (tertiary/aromatic N) is 9. The van der Waals surface area contributed by atoms with Crippen LogP contribution in [0.2, 0.25) is 0 Å². The van der Waals surface area contributed by atoms with Crippen molar-refractivity contribution in [2.45, 2.75) is 19.3 Å². The summed E-state index contributed by atoms with van der Waals surface area (Å²) >= 11 is 0. The number of carboxylic acids is 3. The average molecular weight is 520 g/mol. The molecule has 0 saturated heterocycles. The summed E-state index contributed by atoms with van der Waals surface area (Å²) in [5.74, 6) is -2.99. The summed E-state index contributed by atoms with van der Waals surface area (Å²) in [4.78, 5) is 29.5. The number of tetrazole rings is 3. The van der Waals surface area contributed by atoms with Crippen LogP contribution in [0.3, 0.4) is 0 Å². The minimum absolute atomic E-state index is 0. The fourth-order valence-corrected chi connectivity index (χ4v) is 1.17. The summed E-state index contributed by atoms with van der Waals surface area (Å²) in [5.41, 5.74) is 0. The fraction of sp³-hybridized carbons (Fsp3) is 0.333. The topological polar surface area (TPSA) is 284 Å². The van der Waals surface area contributed by atoms with E-state index in [1.165, 1.54) is 0 Å². The van der Waals surface area contributed by atoms with E-state index in [1.54, 1.807) is 0 Å². The number of hydrogen-bond donors (Lipinski definition) is 3. The van der Waals surface area contributed by atoms with Gasteiger partial charge < -0.3 is 29.7 Å². The minimum atomic E-state index is -1.20. The number of nitrogens with one attached hydrogen (secondary N) is 3. The molecule has 0 aliphatic rings. The SMILES string of the molecule is O=C([O-])Cc1nnn[nH]1.O=C([O-])Cc1nnn[nH]1.O=C([O-])Cc1nnn[nH]1.[La+3]. The molecule has 0 saturated carbocycles. The maximum absolute atomic E-state index is 9.84. The van der Waals surface area contributed by atoms with E-state index in [4.69, 9.17) is 0 Å². The van der Waals surface area contributed by atoms with Crippen molar-refractivity contribution in [1.82, 2.24) is 61.9 Å². The predicted molar refractivity (Wildman–Crippen MR) is 68.7 cm³/mol. The van der Waals surface area contributed by atoms with Gasteiger partial charge in [-0.1, -0.05) is 0 Å². The van der Waals surface area contributed by atoms with E-state index >= 15 is 0 Å². The summed E-state index contributed by atoms with van der Waals surface area (Å²) in [7, 11) is 0. The third kappa shape index (κ3) is 12.2. The number of hydrogen-bond acceptors (Lipinski definition) is 15. The van der Waals surface area contributed by atoms with Gasteiger partial charge in [-0.25, -0.2) is 15.3 Å². The number of aliphatic carboxylic acids is 3. The van der Waals surface area contributed by atoms with Gasteiger partial charge in [0.1, 0.15) is 0 Å². The van der Waals surface area contributed by atoms with E-state index in [-0.39, 0.29) is 72.3 Å². The Morgan fingerprint density at radius 3 is 1.00 bits per heavy atom. The Balaban J connectivity index is 0.000000384. The minimum Gasteiger partial charge on any atom is -0.550 e. The molecule has 0 aromatic carbocycles. The van der Waals surface area contributed by atoms with Crippen LogP contribution in [0.5, 0.6) is 0 Å². The van der Waals surface area contributed by atoms with Gasteiger partial charge in [-0.2, -0.15) is 0 Å². The van der Waals surface area contributed by atoms with E-state index in [0.29, 0.717) is 0 Å². The van der Waals surface area contributed by atoms with Crippen LogP contribution < -0.4 is 15.3 Å². The zero-order valence-electron chi connectivity index (χ0n) is 13.7. The van der Waals surface area contributed by atoms with Crippen LogP contribution in [0.15, 0.2) is 0 Å². The molecule has 3 aromatic heterocycles. The number of H-pyrrole nitrogens is 3. The van der Waals surface area contributed by atoms with Crippen LogP contribution in [-0.4, -0.2) is 79.8 Å². The van der Waals surface area contributed by atoms with Crippen LogP contribution in [-0.2, 0) is 33.6 Å². The summed E-state index contributed by atoms with van der Waals surface area (Å²) < 4.78 is 0. The summed E-state index contributed by atoms with van der Waals surface area (Å²) in [5, 5.41) is 65.3. The second-order valence-electron chi connectivity index (χ2n) is 4.19. The van der Waals surface area contributed by atoms with Gasteiger partial charge in [0.25, 0.3) is 0 Å². The predicted octanol–water partition coefficient (Wildman–Crippen LogP) is -7.52. The number of carboxylic acid groups (broad SMARTS) is 3. The molecule has 0 spiro atoms. The molecule has 3 rings (SSSR count). The Bertz CT molecular complexity index is 697. The monoisotopic (exact) mass is 520 g/mol. The smallest absolute Gasteiger partial charge is 0.550 e. The van der Waals surface area contributed by atoms with Crippen LogP contribution >= 0.6 is 0 Å². The van der Waals surface area contributed by atoms with Crippen LogP contribution in [0.25, 0.3) is 0 Å². The second kappa shape index (κ2) is 13.9. The van der Waals surface area contributed by atoms with E-state index < -0.39 is 17.9 Å². The molecule has 3 N–H and O–H groups in total. The molecule has 3 aromatic rings. The summed E-state index contributed by atoms with van der Waals surface area (Å²) in [6.07, 6.45) is -0.813. The third-order valence-corrected chi connectivity index (χ3v) is 2.10. The molecule has 0 fully saturated rings. The average Bonchev–Trinajstić information content (AvgIpc) is 3.30. The number of rotatable bonds is 6. The molecule has 0 bridgehead atoms. The van der Waals surface area contributed by atoms with Gasteiger partial charge in [0.2, 0.25) is 0 Å². The number of aromatic amines is 3. The number of aromatic nitrogens is 12. The normalized spacial score (nSPS) is 9.00. The second-order valence-corrected chi connectivity index (χ2v) is 4.19. The Morgan fingerprint density at radius 1 is 0.607 bits per heavy atom. The van der Waals surface area contributed by atoms with Crippen molar-refractivity contribution in [1.29, 1.82) is 0 Å². The van der Waals surface area contributed by atoms with Crippen LogP contribution in [0.1, 0.15) is 17.5 Å². The molecular formula is C9H9LaN12O6. The first-order valence-corrected chi connectivity index (χ1v) is 6.64. The van der Waals surface area contributed by atoms with E-state index in [2.05, 4.69) is 61.9 Å². The van der Waals surface area contributed by atoms with Crippen molar-refractivity contribution in [3.8, 4) is 0 Å². The maximum atomic E-state index is 9.84. The maximum Gasteiger partial charge on any atom is 3.00 e. The molecule has 0 unspecified atom stereocenters. The van der Waals surface area contributed by atoms with E-state index in [9.17, 15) is 29.7 Å². The fourth-order valence-electron chi connectivity index (χ4n) is 1.17. The Labute approximate surface area is 181 Å². The van der Waals surface area contributed by atoms with Gasteiger partial charge in [0, 0.05) is 37.2 Å². The van der Waals surface area contributed by atoms with Gasteiger partial charge in [-0.15, -0.1) is 15.3 Å². The molecule has 0 amide bonds. The Kier molecular flexibility index (Phi) is 12.4. The molecule has 0 aliphatic heterocycles. The molecule has 144 valence electrons. The summed E-state index contributed by atoms with van der Waals surface area (Å²) in [6, 6.07) is 0. The molecule has 3 heterocycles. The van der Waals surface area contributed by atoms with Crippen molar-refractivity contribution in [3.63, 3.8) is 0 Å². The number of carbonyl (C=O) groups excluding carboxylic acids is 3. The van der Waals surface area contributed by atoms with Crippen molar-refractivity contribution in [2.75, 3.05) is 0 Å². The quantitative estimate of drug-likeness (QED) is 0.272. The van der Waals surface area contributed by atoms with Gasteiger partial charge in [0.15, 0.2) is 17.5 Å². The van der Waals surface area contributed by atoms with Crippen LogP contribution in [0, 0.1) is 35.6 Å². The zero-order valence-corrected chi connectivity index (χ0v) is 17.3.